The van der Waals surface area contributed by atoms with Gasteiger partial charge in [0.25, 0.3) is 0 Å². The summed E-state index contributed by atoms with van der Waals surface area (Å²) >= 11 is 15.6. The summed E-state index contributed by atoms with van der Waals surface area (Å²) in [6, 6.07) is 5.22. The highest BCUT2D eigenvalue weighted by molar-refractivity contribution is 8.07. The largest absolute Gasteiger partial charge is 0.293 e. The number of halogens is 2. The van der Waals surface area contributed by atoms with E-state index in [1.165, 1.54) is 0 Å². The normalized spacial score (nSPS) is 24.6. The molecular formula is C12H12Cl2OS2. The van der Waals surface area contributed by atoms with Gasteiger partial charge in [-0.3, -0.25) is 4.79 Å². The standard InChI is InChI=1S/C12H12Cl2OS2/c1-7-12(17-6-5-16-7)11(15)8-3-2-4-9(13)10(8)14/h2-4,7,12H,5-6H2,1H3. The van der Waals surface area contributed by atoms with Gasteiger partial charge >= 0.3 is 0 Å². The number of hydrogen-bond donors (Lipinski definition) is 0. The number of rotatable bonds is 2. The molecule has 1 aliphatic heterocycles. The number of ketones is 1. The third kappa shape index (κ3) is 2.95. The van der Waals surface area contributed by atoms with Crippen molar-refractivity contribution in [2.24, 2.45) is 0 Å². The minimum Gasteiger partial charge on any atom is -0.293 e. The van der Waals surface area contributed by atoms with Crippen molar-refractivity contribution >= 4 is 52.5 Å². The first kappa shape index (κ1) is 13.6. The van der Waals surface area contributed by atoms with E-state index in [-0.39, 0.29) is 11.0 Å². The van der Waals surface area contributed by atoms with E-state index in [1.807, 2.05) is 11.8 Å². The Bertz CT molecular complexity index is 437. The van der Waals surface area contributed by atoms with Crippen LogP contribution in [0.5, 0.6) is 0 Å². The van der Waals surface area contributed by atoms with Gasteiger partial charge in [-0.1, -0.05) is 36.2 Å². The van der Waals surface area contributed by atoms with Crippen LogP contribution in [0.25, 0.3) is 0 Å². The summed E-state index contributed by atoms with van der Waals surface area (Å²) in [5.74, 6) is 2.23. The second-order valence-corrected chi connectivity index (χ2v) is 7.35. The average molecular weight is 307 g/mol. The Labute approximate surface area is 120 Å². The third-order valence-corrected chi connectivity index (χ3v) is 6.57. The number of benzene rings is 1. The van der Waals surface area contributed by atoms with Crippen molar-refractivity contribution < 1.29 is 4.79 Å². The molecule has 1 heterocycles. The molecule has 1 saturated heterocycles. The van der Waals surface area contributed by atoms with E-state index in [4.69, 9.17) is 23.2 Å². The molecule has 0 aliphatic carbocycles. The third-order valence-electron chi connectivity index (χ3n) is 2.66. The van der Waals surface area contributed by atoms with Crippen molar-refractivity contribution in [1.82, 2.24) is 0 Å². The fourth-order valence-corrected chi connectivity index (χ4v) is 4.88. The monoisotopic (exact) mass is 306 g/mol. The van der Waals surface area contributed by atoms with Gasteiger partial charge in [0.05, 0.1) is 15.3 Å². The SMILES string of the molecule is CC1SCCSC1C(=O)c1cccc(Cl)c1Cl. The van der Waals surface area contributed by atoms with Gasteiger partial charge in [0, 0.05) is 22.3 Å². The molecule has 0 amide bonds. The first-order valence-corrected chi connectivity index (χ1v) is 8.18. The lowest BCUT2D eigenvalue weighted by Crippen LogP contribution is -2.31. The van der Waals surface area contributed by atoms with Crippen molar-refractivity contribution in [3.8, 4) is 0 Å². The Kier molecular flexibility index (Phi) is 4.70. The van der Waals surface area contributed by atoms with E-state index in [2.05, 4.69) is 6.92 Å². The Morgan fingerprint density at radius 2 is 2.00 bits per heavy atom. The predicted molar refractivity (Wildman–Crippen MR) is 79.0 cm³/mol. The van der Waals surface area contributed by atoms with Crippen LogP contribution in [0.2, 0.25) is 10.0 Å². The fourth-order valence-electron chi connectivity index (χ4n) is 1.77. The van der Waals surface area contributed by atoms with Crippen LogP contribution >= 0.6 is 46.7 Å². The lowest BCUT2D eigenvalue weighted by molar-refractivity contribution is 0.0989. The van der Waals surface area contributed by atoms with Crippen molar-refractivity contribution in [1.29, 1.82) is 0 Å². The quantitative estimate of drug-likeness (QED) is 0.753. The maximum atomic E-state index is 12.4. The number of carbonyl (C=O) groups is 1. The van der Waals surface area contributed by atoms with E-state index >= 15 is 0 Å². The van der Waals surface area contributed by atoms with Crippen molar-refractivity contribution in [3.63, 3.8) is 0 Å². The van der Waals surface area contributed by atoms with Crippen molar-refractivity contribution in [2.75, 3.05) is 11.5 Å². The molecule has 0 N–H and O–H groups in total. The van der Waals surface area contributed by atoms with Crippen molar-refractivity contribution in [3.05, 3.63) is 33.8 Å². The van der Waals surface area contributed by atoms with Crippen LogP contribution in [0, 0.1) is 0 Å². The average Bonchev–Trinajstić information content (AvgIpc) is 2.32. The van der Waals surface area contributed by atoms with Crippen LogP contribution < -0.4 is 0 Å². The van der Waals surface area contributed by atoms with Gasteiger partial charge in [-0.2, -0.15) is 11.8 Å². The first-order valence-electron chi connectivity index (χ1n) is 5.32. The Morgan fingerprint density at radius 1 is 1.29 bits per heavy atom. The van der Waals surface area contributed by atoms with Gasteiger partial charge < -0.3 is 0 Å². The molecule has 1 aromatic rings. The van der Waals surface area contributed by atoms with Gasteiger partial charge in [-0.15, -0.1) is 11.8 Å². The highest BCUT2D eigenvalue weighted by Crippen LogP contribution is 2.35. The molecule has 0 bridgehead atoms. The molecule has 0 radical (unpaired) electrons. The molecule has 2 unspecified atom stereocenters. The molecule has 0 saturated carbocycles. The van der Waals surface area contributed by atoms with Crippen LogP contribution in [0.4, 0.5) is 0 Å². The van der Waals surface area contributed by atoms with E-state index in [9.17, 15) is 4.79 Å². The summed E-state index contributed by atoms with van der Waals surface area (Å²) in [5, 5.41) is 1.14. The van der Waals surface area contributed by atoms with E-state index in [0.29, 0.717) is 20.9 Å². The summed E-state index contributed by atoms with van der Waals surface area (Å²) in [4.78, 5) is 12.4. The molecule has 5 heteroatoms. The number of carbonyl (C=O) groups excluding carboxylic acids is 1. The zero-order valence-corrected chi connectivity index (χ0v) is 12.4. The number of thioether (sulfide) groups is 2. The topological polar surface area (TPSA) is 17.1 Å². The molecule has 0 spiro atoms. The fraction of sp³-hybridized carbons (Fsp3) is 0.417. The minimum atomic E-state index is -0.00952. The van der Waals surface area contributed by atoms with Crippen molar-refractivity contribution in [2.45, 2.75) is 17.4 Å². The van der Waals surface area contributed by atoms with Crippen LogP contribution in [0.1, 0.15) is 17.3 Å². The second-order valence-electron chi connectivity index (χ2n) is 3.83. The summed E-state index contributed by atoms with van der Waals surface area (Å²) in [5.41, 5.74) is 0.547. The molecule has 1 aromatic carbocycles. The lowest BCUT2D eigenvalue weighted by Gasteiger charge is -2.26. The summed E-state index contributed by atoms with van der Waals surface area (Å²) in [6.45, 7) is 2.10. The van der Waals surface area contributed by atoms with Crippen LogP contribution in [-0.2, 0) is 0 Å². The molecule has 1 fully saturated rings. The molecule has 1 nitrogen and oxygen atoms in total. The van der Waals surface area contributed by atoms with E-state index < -0.39 is 0 Å². The Balaban J connectivity index is 2.27. The highest BCUT2D eigenvalue weighted by atomic mass is 35.5. The zero-order valence-electron chi connectivity index (χ0n) is 9.28. The van der Waals surface area contributed by atoms with Gasteiger partial charge in [0.1, 0.15) is 0 Å². The summed E-state index contributed by atoms with van der Waals surface area (Å²) < 4.78 is 0. The lowest BCUT2D eigenvalue weighted by atomic mass is 10.1. The Morgan fingerprint density at radius 3 is 2.71 bits per heavy atom. The second kappa shape index (κ2) is 5.87. The number of hydrogen-bond acceptors (Lipinski definition) is 3. The van der Waals surface area contributed by atoms with Crippen LogP contribution in [0.15, 0.2) is 18.2 Å². The van der Waals surface area contributed by atoms with E-state index in [0.717, 1.165) is 11.5 Å². The summed E-state index contributed by atoms with van der Waals surface area (Å²) in [6.07, 6.45) is 0. The minimum absolute atomic E-state index is 0.00952. The van der Waals surface area contributed by atoms with Crippen LogP contribution in [-0.4, -0.2) is 27.8 Å². The van der Waals surface area contributed by atoms with Gasteiger partial charge in [-0.25, -0.2) is 0 Å². The smallest absolute Gasteiger partial charge is 0.178 e. The molecule has 0 aromatic heterocycles. The molecular weight excluding hydrogens is 295 g/mol. The molecule has 2 rings (SSSR count). The molecule has 17 heavy (non-hydrogen) atoms. The molecule has 92 valence electrons. The van der Waals surface area contributed by atoms with Gasteiger partial charge in [0.15, 0.2) is 5.78 Å². The summed E-state index contributed by atoms with van der Waals surface area (Å²) in [7, 11) is 0. The van der Waals surface area contributed by atoms with Gasteiger partial charge in [-0.05, 0) is 12.1 Å². The Hall–Kier alpha value is 0.170. The maximum Gasteiger partial charge on any atom is 0.178 e. The van der Waals surface area contributed by atoms with Crippen LogP contribution in [0.3, 0.4) is 0 Å². The van der Waals surface area contributed by atoms with E-state index in [1.54, 1.807) is 30.0 Å². The van der Waals surface area contributed by atoms with Gasteiger partial charge in [0.2, 0.25) is 0 Å². The highest BCUT2D eigenvalue weighted by Gasteiger charge is 2.31. The molecule has 1 aliphatic rings. The number of Topliss-reactive ketones (excluding diaryl/α,β-unsaturated/α-hetero) is 1. The zero-order chi connectivity index (χ0) is 12.4. The first-order chi connectivity index (χ1) is 8.11. The maximum absolute atomic E-state index is 12.4. The molecule has 2 atom stereocenters. The predicted octanol–water partition coefficient (Wildman–Crippen LogP) is 4.41.